The summed E-state index contributed by atoms with van der Waals surface area (Å²) in [5.41, 5.74) is 1.71. The van der Waals surface area contributed by atoms with Gasteiger partial charge in [0.25, 0.3) is 0 Å². The van der Waals surface area contributed by atoms with Gasteiger partial charge in [-0.2, -0.15) is 0 Å². The molecule has 0 saturated heterocycles. The van der Waals surface area contributed by atoms with Gasteiger partial charge in [0.05, 0.1) is 12.1 Å². The summed E-state index contributed by atoms with van der Waals surface area (Å²) >= 11 is 0. The van der Waals surface area contributed by atoms with Crippen LogP contribution in [0.15, 0.2) is 35.5 Å². The number of nitrogens with zero attached hydrogens (tertiary/aromatic N) is 1. The molecule has 1 aromatic carbocycles. The molecule has 1 aromatic rings. The predicted molar refractivity (Wildman–Crippen MR) is 75.9 cm³/mol. The van der Waals surface area contributed by atoms with E-state index in [1.807, 2.05) is 37.3 Å². The molecule has 19 heavy (non-hydrogen) atoms. The van der Waals surface area contributed by atoms with Crippen molar-refractivity contribution in [3.63, 3.8) is 0 Å². The molecule has 1 aliphatic rings. The van der Waals surface area contributed by atoms with Crippen LogP contribution in [0.4, 0.5) is 0 Å². The minimum atomic E-state index is -0.206. The number of carbonyl (C=O) groups is 1. The van der Waals surface area contributed by atoms with Crippen LogP contribution in [-0.2, 0) is 9.63 Å². The SMILES string of the molecule is CC(=NOC(=O)CC1CCCCC1)c1ccccc1. The van der Waals surface area contributed by atoms with Gasteiger partial charge in [0, 0.05) is 0 Å². The molecule has 2 rings (SSSR count). The van der Waals surface area contributed by atoms with E-state index in [1.165, 1.54) is 19.3 Å². The molecule has 1 saturated carbocycles. The second-order valence-corrected chi connectivity index (χ2v) is 5.21. The first-order valence-electron chi connectivity index (χ1n) is 7.05. The first kappa shape index (κ1) is 13.8. The molecule has 0 aromatic heterocycles. The normalized spacial score (nSPS) is 17.2. The van der Waals surface area contributed by atoms with E-state index >= 15 is 0 Å². The lowest BCUT2D eigenvalue weighted by Crippen LogP contribution is -2.13. The van der Waals surface area contributed by atoms with E-state index in [9.17, 15) is 4.79 Å². The maximum absolute atomic E-state index is 11.7. The first-order chi connectivity index (χ1) is 9.25. The second-order valence-electron chi connectivity index (χ2n) is 5.21. The highest BCUT2D eigenvalue weighted by Crippen LogP contribution is 2.26. The van der Waals surface area contributed by atoms with Gasteiger partial charge in [-0.3, -0.25) is 0 Å². The Morgan fingerprint density at radius 3 is 2.58 bits per heavy atom. The van der Waals surface area contributed by atoms with Crippen LogP contribution < -0.4 is 0 Å². The minimum Gasteiger partial charge on any atom is -0.318 e. The standard InChI is InChI=1S/C16H21NO2/c1-13(15-10-6-3-7-11-15)17-19-16(18)12-14-8-4-2-5-9-14/h3,6-7,10-11,14H,2,4-5,8-9,12H2,1H3. The number of oxime groups is 1. The zero-order valence-corrected chi connectivity index (χ0v) is 11.5. The number of hydrogen-bond acceptors (Lipinski definition) is 3. The van der Waals surface area contributed by atoms with Gasteiger partial charge in [0.15, 0.2) is 0 Å². The van der Waals surface area contributed by atoms with Crippen LogP contribution in [0.3, 0.4) is 0 Å². The average Bonchev–Trinajstić information content (AvgIpc) is 2.47. The fourth-order valence-corrected chi connectivity index (χ4v) is 2.52. The summed E-state index contributed by atoms with van der Waals surface area (Å²) in [4.78, 5) is 16.7. The van der Waals surface area contributed by atoms with Crippen LogP contribution >= 0.6 is 0 Å². The molecule has 0 N–H and O–H groups in total. The highest BCUT2D eigenvalue weighted by atomic mass is 16.7. The summed E-state index contributed by atoms with van der Waals surface area (Å²) in [5, 5.41) is 3.93. The summed E-state index contributed by atoms with van der Waals surface area (Å²) in [6, 6.07) is 9.74. The lowest BCUT2D eigenvalue weighted by Gasteiger charge is -2.19. The zero-order chi connectivity index (χ0) is 13.5. The zero-order valence-electron chi connectivity index (χ0n) is 11.5. The van der Waals surface area contributed by atoms with Crippen LogP contribution in [0.25, 0.3) is 0 Å². The molecule has 1 aliphatic carbocycles. The van der Waals surface area contributed by atoms with Gasteiger partial charge >= 0.3 is 5.97 Å². The topological polar surface area (TPSA) is 38.7 Å². The minimum absolute atomic E-state index is 0.206. The maximum Gasteiger partial charge on any atom is 0.335 e. The third kappa shape index (κ3) is 4.51. The van der Waals surface area contributed by atoms with Gasteiger partial charge in [-0.25, -0.2) is 4.79 Å². The van der Waals surface area contributed by atoms with E-state index in [0.29, 0.717) is 12.3 Å². The molecule has 0 aliphatic heterocycles. The summed E-state index contributed by atoms with van der Waals surface area (Å²) in [6.45, 7) is 1.85. The molecule has 0 atom stereocenters. The first-order valence-corrected chi connectivity index (χ1v) is 7.05. The number of carbonyl (C=O) groups excluding carboxylic acids is 1. The fraction of sp³-hybridized carbons (Fsp3) is 0.500. The molecule has 0 amide bonds. The number of benzene rings is 1. The van der Waals surface area contributed by atoms with Crippen LogP contribution in [0.5, 0.6) is 0 Å². The summed E-state index contributed by atoms with van der Waals surface area (Å²) in [6.07, 6.45) is 6.59. The van der Waals surface area contributed by atoms with Gasteiger partial charge < -0.3 is 4.84 Å². The largest absolute Gasteiger partial charge is 0.335 e. The van der Waals surface area contributed by atoms with Crippen molar-refractivity contribution in [1.29, 1.82) is 0 Å². The third-order valence-electron chi connectivity index (χ3n) is 3.66. The van der Waals surface area contributed by atoms with Crippen LogP contribution in [0.2, 0.25) is 0 Å². The van der Waals surface area contributed by atoms with Crippen molar-refractivity contribution >= 4 is 11.7 Å². The highest BCUT2D eigenvalue weighted by Gasteiger charge is 2.18. The van der Waals surface area contributed by atoms with E-state index in [0.717, 1.165) is 24.1 Å². The van der Waals surface area contributed by atoms with Gasteiger partial charge in [-0.15, -0.1) is 0 Å². The lowest BCUT2D eigenvalue weighted by molar-refractivity contribution is -0.145. The van der Waals surface area contributed by atoms with Crippen molar-refractivity contribution < 1.29 is 9.63 Å². The highest BCUT2D eigenvalue weighted by molar-refractivity contribution is 5.98. The summed E-state index contributed by atoms with van der Waals surface area (Å²) < 4.78 is 0. The molecule has 3 heteroatoms. The van der Waals surface area contributed by atoms with Crippen molar-refractivity contribution in [1.82, 2.24) is 0 Å². The van der Waals surface area contributed by atoms with Gasteiger partial charge in [-0.1, -0.05) is 54.8 Å². The Hall–Kier alpha value is -1.64. The molecular formula is C16H21NO2. The Morgan fingerprint density at radius 1 is 1.21 bits per heavy atom. The Balaban J connectivity index is 1.82. The molecule has 1 fully saturated rings. The molecule has 3 nitrogen and oxygen atoms in total. The van der Waals surface area contributed by atoms with E-state index in [2.05, 4.69) is 5.16 Å². The molecular weight excluding hydrogens is 238 g/mol. The summed E-state index contributed by atoms with van der Waals surface area (Å²) in [7, 11) is 0. The van der Waals surface area contributed by atoms with E-state index in [4.69, 9.17) is 4.84 Å². The van der Waals surface area contributed by atoms with Crippen molar-refractivity contribution in [3.05, 3.63) is 35.9 Å². The Labute approximate surface area is 114 Å². The van der Waals surface area contributed by atoms with E-state index < -0.39 is 0 Å². The predicted octanol–water partition coefficient (Wildman–Crippen LogP) is 3.92. The van der Waals surface area contributed by atoms with Crippen LogP contribution in [0.1, 0.15) is 51.0 Å². The fourth-order valence-electron chi connectivity index (χ4n) is 2.52. The molecule has 0 heterocycles. The smallest absolute Gasteiger partial charge is 0.318 e. The van der Waals surface area contributed by atoms with E-state index in [1.54, 1.807) is 0 Å². The average molecular weight is 259 g/mol. The van der Waals surface area contributed by atoms with Crippen LogP contribution in [0, 0.1) is 5.92 Å². The van der Waals surface area contributed by atoms with Crippen molar-refractivity contribution in [2.75, 3.05) is 0 Å². The maximum atomic E-state index is 11.7. The Bertz CT molecular complexity index is 433. The number of hydrogen-bond donors (Lipinski definition) is 0. The Kier molecular flexibility index (Phi) is 5.13. The summed E-state index contributed by atoms with van der Waals surface area (Å²) in [5.74, 6) is 0.288. The molecule has 0 radical (unpaired) electrons. The van der Waals surface area contributed by atoms with Gasteiger partial charge in [0.2, 0.25) is 0 Å². The lowest BCUT2D eigenvalue weighted by atomic mass is 9.87. The quantitative estimate of drug-likeness (QED) is 0.467. The third-order valence-corrected chi connectivity index (χ3v) is 3.66. The molecule has 0 unspecified atom stereocenters. The molecule has 102 valence electrons. The second kappa shape index (κ2) is 7.07. The monoisotopic (exact) mass is 259 g/mol. The Morgan fingerprint density at radius 2 is 1.89 bits per heavy atom. The van der Waals surface area contributed by atoms with Crippen molar-refractivity contribution in [2.45, 2.75) is 45.4 Å². The van der Waals surface area contributed by atoms with Gasteiger partial charge in [-0.05, 0) is 31.2 Å². The van der Waals surface area contributed by atoms with Crippen molar-refractivity contribution in [3.8, 4) is 0 Å². The van der Waals surface area contributed by atoms with Crippen molar-refractivity contribution in [2.24, 2.45) is 11.1 Å². The molecule has 0 bridgehead atoms. The molecule has 0 spiro atoms. The number of rotatable bonds is 4. The van der Waals surface area contributed by atoms with E-state index in [-0.39, 0.29) is 5.97 Å². The van der Waals surface area contributed by atoms with Crippen LogP contribution in [-0.4, -0.2) is 11.7 Å². The van der Waals surface area contributed by atoms with Gasteiger partial charge in [0.1, 0.15) is 0 Å².